The Hall–Kier alpha value is -6.14. The van der Waals surface area contributed by atoms with Gasteiger partial charge in [0.2, 0.25) is 0 Å². The molecule has 0 aliphatic carbocycles. The van der Waals surface area contributed by atoms with Gasteiger partial charge >= 0.3 is 24.3 Å². The highest BCUT2D eigenvalue weighted by Gasteiger charge is 2.40. The van der Waals surface area contributed by atoms with Crippen molar-refractivity contribution in [3.05, 3.63) is 88.7 Å². The Labute approximate surface area is 251 Å². The van der Waals surface area contributed by atoms with Crippen LogP contribution in [0.1, 0.15) is 42.2 Å². The minimum atomic E-state index is -5.09. The van der Waals surface area contributed by atoms with E-state index >= 15 is 0 Å². The summed E-state index contributed by atoms with van der Waals surface area (Å²) in [5.41, 5.74) is -7.08. The van der Waals surface area contributed by atoms with Crippen molar-refractivity contribution < 1.29 is 50.9 Å². The maximum absolute atomic E-state index is 13.9. The standard InChI is InChI=1S/C27H16F6N8O5/c1-34-23(42)12-8-15(17-10-40(38-36-17)19-6-2-4-13(24(43)44)21(19)26(28,29)30)35-16(9-12)18-11-41(39-37-18)20-7-3-5-14(25(45)46)22(20)27(31,32)33/h2-11H,1H3,(H,34,42)(H,43,44)(H,45,46). The van der Waals surface area contributed by atoms with Crippen molar-refractivity contribution in [3.8, 4) is 34.2 Å². The van der Waals surface area contributed by atoms with Crippen LogP contribution in [0, 0.1) is 0 Å². The van der Waals surface area contributed by atoms with E-state index in [0.29, 0.717) is 9.36 Å². The molecule has 5 rings (SSSR count). The van der Waals surface area contributed by atoms with E-state index in [1.165, 1.54) is 19.2 Å². The van der Waals surface area contributed by atoms with Gasteiger partial charge in [-0.15, -0.1) is 10.2 Å². The maximum Gasteiger partial charge on any atom is 0.419 e. The molecule has 0 unspecified atom stereocenters. The number of hydrogen-bond donors (Lipinski definition) is 3. The molecule has 0 fully saturated rings. The van der Waals surface area contributed by atoms with E-state index in [9.17, 15) is 50.9 Å². The number of halogens is 6. The summed E-state index contributed by atoms with van der Waals surface area (Å²) in [6.07, 6.45) is -8.19. The van der Waals surface area contributed by atoms with E-state index in [1.807, 2.05) is 0 Å². The second kappa shape index (κ2) is 11.4. The first-order valence-electron chi connectivity index (χ1n) is 12.6. The van der Waals surface area contributed by atoms with Gasteiger partial charge < -0.3 is 15.5 Å². The molecule has 3 N–H and O–H groups in total. The summed E-state index contributed by atoms with van der Waals surface area (Å²) < 4.78 is 84.7. The molecule has 19 heteroatoms. The Morgan fingerprint density at radius 1 is 0.696 bits per heavy atom. The van der Waals surface area contributed by atoms with Crippen molar-refractivity contribution in [2.24, 2.45) is 0 Å². The molecule has 13 nitrogen and oxygen atoms in total. The molecule has 0 atom stereocenters. The van der Waals surface area contributed by atoms with Crippen molar-refractivity contribution in [1.29, 1.82) is 0 Å². The Morgan fingerprint density at radius 2 is 1.11 bits per heavy atom. The summed E-state index contributed by atoms with van der Waals surface area (Å²) in [6, 6.07) is 8.07. The fourth-order valence-corrected chi connectivity index (χ4v) is 4.48. The molecule has 3 heterocycles. The topological polar surface area (TPSA) is 178 Å². The number of aromatic nitrogens is 7. The third kappa shape index (κ3) is 5.84. The molecule has 0 aliphatic heterocycles. The lowest BCUT2D eigenvalue weighted by molar-refractivity contribution is -0.138. The molecular weight excluding hydrogens is 630 g/mol. The van der Waals surface area contributed by atoms with Crippen LogP contribution in [0.3, 0.4) is 0 Å². The Balaban J connectivity index is 1.62. The molecule has 0 spiro atoms. The fourth-order valence-electron chi connectivity index (χ4n) is 4.48. The zero-order chi connectivity index (χ0) is 33.6. The lowest BCUT2D eigenvalue weighted by Gasteiger charge is -2.14. The SMILES string of the molecule is CNC(=O)c1cc(-c2cn(-c3cccc(C(=O)O)c3C(F)(F)F)nn2)nc(-c2cn(-c3cccc(C(=O)O)c3C(F)(F)F)nn2)c1. The third-order valence-corrected chi connectivity index (χ3v) is 6.43. The maximum atomic E-state index is 13.9. The van der Waals surface area contributed by atoms with Gasteiger partial charge in [-0.2, -0.15) is 26.3 Å². The number of pyridine rings is 1. The van der Waals surface area contributed by atoms with E-state index in [2.05, 4.69) is 30.9 Å². The summed E-state index contributed by atoms with van der Waals surface area (Å²) in [5, 5.41) is 36.0. The van der Waals surface area contributed by atoms with Crippen molar-refractivity contribution in [1.82, 2.24) is 40.3 Å². The van der Waals surface area contributed by atoms with Crippen LogP contribution >= 0.6 is 0 Å². The number of carbonyl (C=O) groups excluding carboxylic acids is 1. The van der Waals surface area contributed by atoms with E-state index in [0.717, 1.165) is 48.8 Å². The van der Waals surface area contributed by atoms with Crippen LogP contribution in [-0.4, -0.2) is 70.1 Å². The second-order valence-electron chi connectivity index (χ2n) is 9.31. The molecule has 1 amide bonds. The van der Waals surface area contributed by atoms with Crippen LogP contribution in [0.2, 0.25) is 0 Å². The van der Waals surface area contributed by atoms with E-state index in [-0.39, 0.29) is 28.3 Å². The van der Waals surface area contributed by atoms with Gasteiger partial charge in [-0.05, 0) is 36.4 Å². The van der Waals surface area contributed by atoms with E-state index in [1.54, 1.807) is 0 Å². The van der Waals surface area contributed by atoms with Crippen LogP contribution in [0.25, 0.3) is 34.2 Å². The van der Waals surface area contributed by atoms with Gasteiger partial charge in [-0.1, -0.05) is 22.6 Å². The first-order chi connectivity index (χ1) is 21.6. The van der Waals surface area contributed by atoms with Gasteiger partial charge in [-0.3, -0.25) is 4.79 Å². The summed E-state index contributed by atoms with van der Waals surface area (Å²) in [7, 11) is 1.30. The van der Waals surface area contributed by atoms with E-state index in [4.69, 9.17) is 0 Å². The summed E-state index contributed by atoms with van der Waals surface area (Å²) in [4.78, 5) is 39.9. The number of rotatable bonds is 7. The van der Waals surface area contributed by atoms with Crippen molar-refractivity contribution in [3.63, 3.8) is 0 Å². The molecule has 236 valence electrons. The van der Waals surface area contributed by atoms with Gasteiger partial charge in [0.1, 0.15) is 11.4 Å². The highest BCUT2D eigenvalue weighted by atomic mass is 19.4. The predicted molar refractivity (Wildman–Crippen MR) is 142 cm³/mol. The Morgan fingerprint density at radius 3 is 1.46 bits per heavy atom. The molecule has 0 saturated heterocycles. The number of nitrogens with one attached hydrogen (secondary N) is 1. The number of hydrogen-bond acceptors (Lipinski definition) is 8. The average molecular weight is 646 g/mol. The van der Waals surface area contributed by atoms with Crippen LogP contribution < -0.4 is 5.32 Å². The normalized spacial score (nSPS) is 11.8. The van der Waals surface area contributed by atoms with Gasteiger partial charge in [-0.25, -0.2) is 23.9 Å². The number of carboxylic acids is 2. The highest BCUT2D eigenvalue weighted by Crippen LogP contribution is 2.38. The Kier molecular flexibility index (Phi) is 7.76. The first-order valence-corrected chi connectivity index (χ1v) is 12.6. The summed E-state index contributed by atoms with van der Waals surface area (Å²) >= 11 is 0. The number of carboxylic acid groups (broad SMARTS) is 2. The minimum absolute atomic E-state index is 0.0701. The molecule has 46 heavy (non-hydrogen) atoms. The van der Waals surface area contributed by atoms with Crippen molar-refractivity contribution in [2.45, 2.75) is 12.4 Å². The molecule has 0 radical (unpaired) electrons. The lowest BCUT2D eigenvalue weighted by Crippen LogP contribution is -2.18. The van der Waals surface area contributed by atoms with Gasteiger partial charge in [0.15, 0.2) is 0 Å². The van der Waals surface area contributed by atoms with Gasteiger partial charge in [0.25, 0.3) is 5.91 Å². The number of carbonyl (C=O) groups is 3. The van der Waals surface area contributed by atoms with Crippen molar-refractivity contribution in [2.75, 3.05) is 7.05 Å². The number of nitrogens with zero attached hydrogens (tertiary/aromatic N) is 7. The second-order valence-corrected chi connectivity index (χ2v) is 9.31. The third-order valence-electron chi connectivity index (χ3n) is 6.43. The fraction of sp³-hybridized carbons (Fsp3) is 0.111. The predicted octanol–water partition coefficient (Wildman–Crippen LogP) is 4.37. The molecular formula is C27H16F6N8O5. The largest absolute Gasteiger partial charge is 0.478 e. The lowest BCUT2D eigenvalue weighted by atomic mass is 10.0. The number of benzene rings is 2. The van der Waals surface area contributed by atoms with Crippen LogP contribution in [0.4, 0.5) is 26.3 Å². The quantitative estimate of drug-likeness (QED) is 0.215. The molecule has 0 saturated carbocycles. The van der Waals surface area contributed by atoms with Gasteiger partial charge in [0.05, 0.1) is 57.4 Å². The van der Waals surface area contributed by atoms with Crippen LogP contribution in [-0.2, 0) is 12.4 Å². The molecule has 3 aromatic heterocycles. The first kappa shape index (κ1) is 31.3. The summed E-state index contributed by atoms with van der Waals surface area (Å²) in [5.74, 6) is -4.32. The number of amides is 1. The molecule has 0 bridgehead atoms. The average Bonchev–Trinajstić information content (AvgIpc) is 3.70. The molecule has 0 aliphatic rings. The van der Waals surface area contributed by atoms with Crippen LogP contribution in [0.5, 0.6) is 0 Å². The van der Waals surface area contributed by atoms with E-state index < -0.39 is 63.8 Å². The monoisotopic (exact) mass is 646 g/mol. The molecule has 2 aromatic carbocycles. The zero-order valence-electron chi connectivity index (χ0n) is 22.8. The minimum Gasteiger partial charge on any atom is -0.478 e. The highest BCUT2D eigenvalue weighted by molar-refractivity contribution is 5.96. The smallest absolute Gasteiger partial charge is 0.419 e. The molecule has 5 aromatic rings. The van der Waals surface area contributed by atoms with Crippen LogP contribution in [0.15, 0.2) is 60.9 Å². The Bertz CT molecular complexity index is 1890. The van der Waals surface area contributed by atoms with Gasteiger partial charge in [0, 0.05) is 12.6 Å². The zero-order valence-corrected chi connectivity index (χ0v) is 22.8. The number of alkyl halides is 6. The number of aromatic carboxylic acids is 2. The summed E-state index contributed by atoms with van der Waals surface area (Å²) in [6.45, 7) is 0. The van der Waals surface area contributed by atoms with Crippen molar-refractivity contribution >= 4 is 17.8 Å².